The second-order valence-corrected chi connectivity index (χ2v) is 4.86. The summed E-state index contributed by atoms with van der Waals surface area (Å²) in [4.78, 5) is 0. The standard InChI is InChI=1S/C17H27NO/c1-4-6-12-18-13-8-14-19-17-15(3)10-7-11-16(17)9-5-2/h5,7,10-11,18H,2,4,6,8-9,12-14H2,1,3H3. The van der Waals surface area contributed by atoms with Crippen molar-refractivity contribution in [2.75, 3.05) is 19.7 Å². The van der Waals surface area contributed by atoms with Crippen LogP contribution >= 0.6 is 0 Å². The van der Waals surface area contributed by atoms with Gasteiger partial charge in [-0.3, -0.25) is 0 Å². The molecule has 0 heterocycles. The Balaban J connectivity index is 2.34. The Kier molecular flexibility index (Phi) is 7.99. The van der Waals surface area contributed by atoms with Crippen LogP contribution in [0.3, 0.4) is 0 Å². The number of nitrogens with one attached hydrogen (secondary N) is 1. The Morgan fingerprint density at radius 3 is 2.79 bits per heavy atom. The third kappa shape index (κ3) is 5.93. The SMILES string of the molecule is C=CCc1cccc(C)c1OCCCNCCCC. The summed E-state index contributed by atoms with van der Waals surface area (Å²) in [6, 6.07) is 6.29. The topological polar surface area (TPSA) is 21.3 Å². The molecule has 1 aromatic carbocycles. The first-order chi connectivity index (χ1) is 9.29. The minimum atomic E-state index is 0.772. The molecular weight excluding hydrogens is 234 g/mol. The summed E-state index contributed by atoms with van der Waals surface area (Å²) in [7, 11) is 0. The van der Waals surface area contributed by atoms with Gasteiger partial charge in [-0.2, -0.15) is 0 Å². The van der Waals surface area contributed by atoms with Gasteiger partial charge in [0.15, 0.2) is 0 Å². The fourth-order valence-electron chi connectivity index (χ4n) is 2.03. The predicted octanol–water partition coefficient (Wildman–Crippen LogP) is 3.88. The van der Waals surface area contributed by atoms with E-state index in [1.165, 1.54) is 24.0 Å². The Hall–Kier alpha value is -1.28. The average Bonchev–Trinajstić information content (AvgIpc) is 2.41. The highest BCUT2D eigenvalue weighted by molar-refractivity contribution is 5.41. The van der Waals surface area contributed by atoms with Crippen LogP contribution in [0, 0.1) is 6.92 Å². The summed E-state index contributed by atoms with van der Waals surface area (Å²) in [5.74, 6) is 1.04. The zero-order valence-corrected chi connectivity index (χ0v) is 12.4. The van der Waals surface area contributed by atoms with Crippen molar-refractivity contribution in [3.05, 3.63) is 42.0 Å². The number of allylic oxidation sites excluding steroid dienone is 1. The second-order valence-electron chi connectivity index (χ2n) is 4.86. The summed E-state index contributed by atoms with van der Waals surface area (Å²) in [5, 5.41) is 3.43. The maximum absolute atomic E-state index is 5.94. The molecule has 0 aliphatic carbocycles. The molecule has 1 aromatic rings. The van der Waals surface area contributed by atoms with Crippen molar-refractivity contribution in [2.45, 2.75) is 39.5 Å². The summed E-state index contributed by atoms with van der Waals surface area (Å²) in [6.07, 6.45) is 6.34. The van der Waals surface area contributed by atoms with E-state index in [1.54, 1.807) is 0 Å². The van der Waals surface area contributed by atoms with E-state index in [1.807, 2.05) is 6.08 Å². The molecule has 0 spiro atoms. The number of unbranched alkanes of at least 4 members (excludes halogenated alkanes) is 1. The first-order valence-corrected chi connectivity index (χ1v) is 7.32. The van der Waals surface area contributed by atoms with Gasteiger partial charge in [0.2, 0.25) is 0 Å². The Bertz CT molecular complexity index is 374. The van der Waals surface area contributed by atoms with Crippen molar-refractivity contribution >= 4 is 0 Å². The van der Waals surface area contributed by atoms with Gasteiger partial charge in [0.1, 0.15) is 5.75 Å². The lowest BCUT2D eigenvalue weighted by atomic mass is 10.1. The third-order valence-corrected chi connectivity index (χ3v) is 3.11. The number of hydrogen-bond donors (Lipinski definition) is 1. The predicted molar refractivity (Wildman–Crippen MR) is 83.0 cm³/mol. The van der Waals surface area contributed by atoms with Crippen molar-refractivity contribution < 1.29 is 4.74 Å². The number of benzene rings is 1. The maximum atomic E-state index is 5.94. The number of para-hydroxylation sites is 1. The molecule has 0 atom stereocenters. The molecule has 0 aliphatic rings. The molecule has 0 aliphatic heterocycles. The number of aryl methyl sites for hydroxylation is 1. The largest absolute Gasteiger partial charge is 0.493 e. The van der Waals surface area contributed by atoms with E-state index in [-0.39, 0.29) is 0 Å². The normalized spacial score (nSPS) is 10.4. The third-order valence-electron chi connectivity index (χ3n) is 3.11. The minimum absolute atomic E-state index is 0.772. The summed E-state index contributed by atoms with van der Waals surface area (Å²) in [5.41, 5.74) is 2.44. The van der Waals surface area contributed by atoms with Gasteiger partial charge in [0.25, 0.3) is 0 Å². The summed E-state index contributed by atoms with van der Waals surface area (Å²) in [6.45, 7) is 11.0. The van der Waals surface area contributed by atoms with Gasteiger partial charge in [-0.15, -0.1) is 6.58 Å². The van der Waals surface area contributed by atoms with E-state index in [4.69, 9.17) is 4.74 Å². The van der Waals surface area contributed by atoms with Gasteiger partial charge in [-0.1, -0.05) is 37.6 Å². The van der Waals surface area contributed by atoms with E-state index in [9.17, 15) is 0 Å². The van der Waals surface area contributed by atoms with Crippen LogP contribution in [-0.2, 0) is 6.42 Å². The molecule has 0 amide bonds. The fraction of sp³-hybridized carbons (Fsp3) is 0.529. The zero-order chi connectivity index (χ0) is 13.9. The zero-order valence-electron chi connectivity index (χ0n) is 12.4. The van der Waals surface area contributed by atoms with Crippen LogP contribution in [-0.4, -0.2) is 19.7 Å². The molecule has 0 radical (unpaired) electrons. The molecule has 19 heavy (non-hydrogen) atoms. The first kappa shape index (κ1) is 15.8. The van der Waals surface area contributed by atoms with E-state index < -0.39 is 0 Å². The molecule has 1 rings (SSSR count). The van der Waals surface area contributed by atoms with Crippen molar-refractivity contribution in [2.24, 2.45) is 0 Å². The van der Waals surface area contributed by atoms with Gasteiger partial charge in [-0.05, 0) is 50.4 Å². The van der Waals surface area contributed by atoms with Crippen LogP contribution in [0.25, 0.3) is 0 Å². The smallest absolute Gasteiger partial charge is 0.125 e. The first-order valence-electron chi connectivity index (χ1n) is 7.32. The fourth-order valence-corrected chi connectivity index (χ4v) is 2.03. The molecule has 2 heteroatoms. The Morgan fingerprint density at radius 2 is 2.05 bits per heavy atom. The minimum Gasteiger partial charge on any atom is -0.493 e. The highest BCUT2D eigenvalue weighted by Gasteiger charge is 2.05. The molecule has 0 unspecified atom stereocenters. The Labute approximate surface area is 117 Å². The number of rotatable bonds is 10. The molecule has 0 aromatic heterocycles. The quantitative estimate of drug-likeness (QED) is 0.510. The van der Waals surface area contributed by atoms with E-state index >= 15 is 0 Å². The van der Waals surface area contributed by atoms with E-state index in [0.29, 0.717) is 0 Å². The molecule has 0 bridgehead atoms. The second kappa shape index (κ2) is 9.62. The van der Waals surface area contributed by atoms with Crippen molar-refractivity contribution in [1.29, 1.82) is 0 Å². The lowest BCUT2D eigenvalue weighted by Gasteiger charge is -2.13. The van der Waals surface area contributed by atoms with Crippen LogP contribution in [0.1, 0.15) is 37.3 Å². The van der Waals surface area contributed by atoms with E-state index in [0.717, 1.165) is 38.3 Å². The highest BCUT2D eigenvalue weighted by Crippen LogP contribution is 2.24. The summed E-state index contributed by atoms with van der Waals surface area (Å²) >= 11 is 0. The Morgan fingerprint density at radius 1 is 1.26 bits per heavy atom. The van der Waals surface area contributed by atoms with Crippen LogP contribution in [0.15, 0.2) is 30.9 Å². The number of hydrogen-bond acceptors (Lipinski definition) is 2. The van der Waals surface area contributed by atoms with Gasteiger partial charge in [0, 0.05) is 0 Å². The monoisotopic (exact) mass is 261 g/mol. The number of ether oxygens (including phenoxy) is 1. The lowest BCUT2D eigenvalue weighted by molar-refractivity contribution is 0.303. The van der Waals surface area contributed by atoms with Crippen molar-refractivity contribution in [3.8, 4) is 5.75 Å². The molecule has 106 valence electrons. The van der Waals surface area contributed by atoms with Gasteiger partial charge in [0.05, 0.1) is 6.61 Å². The average molecular weight is 261 g/mol. The molecule has 1 N–H and O–H groups in total. The molecule has 0 fully saturated rings. The lowest BCUT2D eigenvalue weighted by Crippen LogP contribution is -2.18. The molecular formula is C17H27NO. The van der Waals surface area contributed by atoms with Crippen molar-refractivity contribution in [3.63, 3.8) is 0 Å². The van der Waals surface area contributed by atoms with Crippen LogP contribution in [0.4, 0.5) is 0 Å². The van der Waals surface area contributed by atoms with Crippen molar-refractivity contribution in [1.82, 2.24) is 5.32 Å². The van der Waals surface area contributed by atoms with Crippen LogP contribution in [0.5, 0.6) is 5.75 Å². The van der Waals surface area contributed by atoms with E-state index in [2.05, 4.69) is 43.9 Å². The molecule has 0 saturated carbocycles. The molecule has 2 nitrogen and oxygen atoms in total. The maximum Gasteiger partial charge on any atom is 0.125 e. The van der Waals surface area contributed by atoms with Gasteiger partial charge < -0.3 is 10.1 Å². The summed E-state index contributed by atoms with van der Waals surface area (Å²) < 4.78 is 5.94. The van der Waals surface area contributed by atoms with Gasteiger partial charge >= 0.3 is 0 Å². The molecule has 0 saturated heterocycles. The van der Waals surface area contributed by atoms with Crippen LogP contribution < -0.4 is 10.1 Å². The highest BCUT2D eigenvalue weighted by atomic mass is 16.5. The van der Waals surface area contributed by atoms with Gasteiger partial charge in [-0.25, -0.2) is 0 Å². The van der Waals surface area contributed by atoms with Crippen LogP contribution in [0.2, 0.25) is 0 Å².